The Morgan fingerprint density at radius 3 is 2.13 bits per heavy atom. The van der Waals surface area contributed by atoms with E-state index in [0.717, 1.165) is 11.1 Å². The Hall–Kier alpha value is -3.24. The van der Waals surface area contributed by atoms with E-state index < -0.39 is 30.7 Å². The summed E-state index contributed by atoms with van der Waals surface area (Å²) in [6, 6.07) is 14.1. The van der Waals surface area contributed by atoms with Gasteiger partial charge in [-0.25, -0.2) is 18.4 Å². The number of hydrogen-bond acceptors (Lipinski definition) is 6. The first-order valence-corrected chi connectivity index (χ1v) is 13.1. The van der Waals surface area contributed by atoms with Gasteiger partial charge in [-0.2, -0.15) is 0 Å². The van der Waals surface area contributed by atoms with Crippen LogP contribution in [-0.4, -0.2) is 73.6 Å². The van der Waals surface area contributed by atoms with Gasteiger partial charge in [0.05, 0.1) is 13.2 Å². The van der Waals surface area contributed by atoms with E-state index in [1.165, 1.54) is 11.8 Å². The van der Waals surface area contributed by atoms with E-state index in [0.29, 0.717) is 24.0 Å². The Bertz CT molecular complexity index is 1010. The molecule has 39 heavy (non-hydrogen) atoms. The van der Waals surface area contributed by atoms with E-state index in [9.17, 15) is 23.5 Å². The summed E-state index contributed by atoms with van der Waals surface area (Å²) in [5, 5.41) is 9.25. The van der Waals surface area contributed by atoms with Gasteiger partial charge in [0, 0.05) is 26.0 Å². The predicted octanol–water partition coefficient (Wildman–Crippen LogP) is 5.78. The Balaban J connectivity index is 1.96. The lowest BCUT2D eigenvalue weighted by atomic mass is 10.0. The third-order valence-corrected chi connectivity index (χ3v) is 5.96. The van der Waals surface area contributed by atoms with Crippen LogP contribution in [0.1, 0.15) is 51.2 Å². The molecule has 0 heterocycles. The summed E-state index contributed by atoms with van der Waals surface area (Å²) in [5.74, 6) is -2.72. The van der Waals surface area contributed by atoms with Gasteiger partial charge in [-0.05, 0) is 48.2 Å². The molecule has 0 spiro atoms. The molecule has 1 amide bonds. The molecule has 1 N–H and O–H groups in total. The van der Waals surface area contributed by atoms with Gasteiger partial charge in [-0.3, -0.25) is 0 Å². The number of alkyl halides is 2. The molecule has 0 aromatic heterocycles. The highest BCUT2D eigenvalue weighted by atomic mass is 19.3. The second-order valence-electron chi connectivity index (χ2n) is 9.32. The van der Waals surface area contributed by atoms with Crippen LogP contribution in [-0.2, 0) is 20.7 Å². The monoisotopic (exact) mass is 551 g/mol. The summed E-state index contributed by atoms with van der Waals surface area (Å²) in [6.07, 6.45) is -1.69. The maximum atomic E-state index is 13.5. The maximum absolute atomic E-state index is 13.5. The number of rotatable bonds is 17. The molecule has 10 heteroatoms. The number of halogens is 2. The zero-order valence-corrected chi connectivity index (χ0v) is 23.0. The average Bonchev–Trinajstić information content (AvgIpc) is 2.90. The molecular weight excluding hydrogens is 512 g/mol. The van der Waals surface area contributed by atoms with Crippen molar-refractivity contribution in [2.75, 3.05) is 39.5 Å². The van der Waals surface area contributed by atoms with E-state index in [2.05, 4.69) is 13.8 Å². The van der Waals surface area contributed by atoms with Gasteiger partial charge in [0.2, 0.25) is 0 Å². The Morgan fingerprint density at radius 1 is 0.949 bits per heavy atom. The first kappa shape index (κ1) is 32.0. The number of carbonyl (C=O) groups is 2. The minimum atomic E-state index is -2.92. The van der Waals surface area contributed by atoms with Crippen LogP contribution in [0.5, 0.6) is 11.5 Å². The average molecular weight is 552 g/mol. The zero-order valence-electron chi connectivity index (χ0n) is 23.0. The Labute approximate surface area is 228 Å². The minimum Gasteiger partial charge on any atom is -0.492 e. The number of benzene rings is 2. The molecule has 2 rings (SSSR count). The summed E-state index contributed by atoms with van der Waals surface area (Å²) in [5.41, 5.74) is 1.88. The number of carboxylic acid groups (broad SMARTS) is 1. The maximum Gasteiger partial charge on any atom is 0.415 e. The SMILES string of the molecule is CCOC(Cc1ccc(OCCN(CCOCC(F)(F)CC)C(=O)Oc2ccc(C(C)C)cc2)cc1)C(=O)O. The Kier molecular flexibility index (Phi) is 13.1. The highest BCUT2D eigenvalue weighted by Crippen LogP contribution is 2.20. The van der Waals surface area contributed by atoms with Gasteiger partial charge < -0.3 is 29.0 Å². The molecular formula is C29H39F2NO7. The topological polar surface area (TPSA) is 94.5 Å². The standard InChI is InChI=1S/C29H39F2NO7/c1-5-29(30,31)20-36-17-15-32(28(35)39-25-13-9-23(10-14-25)21(3)4)16-18-38-24-11-7-22(8-12-24)19-26(27(33)34)37-6-2/h7-14,21,26H,5-6,15-20H2,1-4H3,(H,33,34). The molecule has 2 aromatic carbocycles. The van der Waals surface area contributed by atoms with Crippen molar-refractivity contribution in [1.82, 2.24) is 4.90 Å². The van der Waals surface area contributed by atoms with E-state index in [4.69, 9.17) is 18.9 Å². The van der Waals surface area contributed by atoms with Gasteiger partial charge in [-0.1, -0.05) is 45.0 Å². The van der Waals surface area contributed by atoms with E-state index >= 15 is 0 Å². The van der Waals surface area contributed by atoms with Gasteiger partial charge in [-0.15, -0.1) is 0 Å². The molecule has 0 saturated heterocycles. The molecule has 2 aromatic rings. The van der Waals surface area contributed by atoms with E-state index in [1.54, 1.807) is 43.3 Å². The van der Waals surface area contributed by atoms with Crippen molar-refractivity contribution in [3.8, 4) is 11.5 Å². The van der Waals surface area contributed by atoms with Gasteiger partial charge >= 0.3 is 12.1 Å². The number of hydrogen-bond donors (Lipinski definition) is 1. The van der Waals surface area contributed by atoms with Crippen molar-refractivity contribution >= 4 is 12.1 Å². The van der Waals surface area contributed by atoms with E-state index in [1.807, 2.05) is 12.1 Å². The number of amides is 1. The van der Waals surface area contributed by atoms with Gasteiger partial charge in [0.25, 0.3) is 5.92 Å². The fourth-order valence-electron chi connectivity index (χ4n) is 3.51. The second kappa shape index (κ2) is 16.0. The van der Waals surface area contributed by atoms with Crippen LogP contribution in [0.4, 0.5) is 13.6 Å². The molecule has 0 aliphatic carbocycles. The second-order valence-corrected chi connectivity index (χ2v) is 9.32. The number of aliphatic carboxylic acids is 1. The number of carboxylic acids is 1. The van der Waals surface area contributed by atoms with Gasteiger partial charge in [0.15, 0.2) is 6.10 Å². The van der Waals surface area contributed by atoms with Gasteiger partial charge in [0.1, 0.15) is 24.7 Å². The van der Waals surface area contributed by atoms with Crippen molar-refractivity contribution in [2.45, 2.75) is 58.5 Å². The fraction of sp³-hybridized carbons (Fsp3) is 0.517. The summed E-state index contributed by atoms with van der Waals surface area (Å²) in [7, 11) is 0. The molecule has 8 nitrogen and oxygen atoms in total. The van der Waals surface area contributed by atoms with Crippen molar-refractivity contribution < 1.29 is 42.4 Å². The third kappa shape index (κ3) is 11.6. The highest BCUT2D eigenvalue weighted by molar-refractivity contribution is 5.72. The minimum absolute atomic E-state index is 0.0407. The van der Waals surface area contributed by atoms with Crippen molar-refractivity contribution in [3.63, 3.8) is 0 Å². The van der Waals surface area contributed by atoms with Crippen molar-refractivity contribution in [3.05, 3.63) is 59.7 Å². The Morgan fingerprint density at radius 2 is 1.56 bits per heavy atom. The molecule has 0 fully saturated rings. The van der Waals surface area contributed by atoms with Crippen LogP contribution in [0, 0.1) is 0 Å². The lowest BCUT2D eigenvalue weighted by Gasteiger charge is -2.23. The molecule has 216 valence electrons. The normalized spacial score (nSPS) is 12.3. The van der Waals surface area contributed by atoms with Crippen molar-refractivity contribution in [1.29, 1.82) is 0 Å². The van der Waals surface area contributed by atoms with Crippen LogP contribution in [0.3, 0.4) is 0 Å². The highest BCUT2D eigenvalue weighted by Gasteiger charge is 2.26. The molecule has 0 saturated carbocycles. The number of carbonyl (C=O) groups excluding carboxylic acids is 1. The zero-order chi connectivity index (χ0) is 28.8. The summed E-state index contributed by atoms with van der Waals surface area (Å²) in [6.45, 7) is 7.01. The smallest absolute Gasteiger partial charge is 0.415 e. The third-order valence-electron chi connectivity index (χ3n) is 5.96. The molecule has 0 bridgehead atoms. The summed E-state index contributed by atoms with van der Waals surface area (Å²) < 4.78 is 48.6. The molecule has 1 atom stereocenters. The number of nitrogens with zero attached hydrogens (tertiary/aromatic N) is 1. The molecule has 0 radical (unpaired) electrons. The molecule has 1 unspecified atom stereocenters. The fourth-order valence-corrected chi connectivity index (χ4v) is 3.51. The van der Waals surface area contributed by atoms with Crippen LogP contribution in [0.25, 0.3) is 0 Å². The predicted molar refractivity (Wildman–Crippen MR) is 143 cm³/mol. The first-order valence-electron chi connectivity index (χ1n) is 13.1. The van der Waals surface area contributed by atoms with Crippen LogP contribution in [0.15, 0.2) is 48.5 Å². The lowest BCUT2D eigenvalue weighted by molar-refractivity contribution is -0.149. The lowest BCUT2D eigenvalue weighted by Crippen LogP contribution is -2.39. The van der Waals surface area contributed by atoms with Crippen LogP contribution < -0.4 is 9.47 Å². The first-order chi connectivity index (χ1) is 18.5. The van der Waals surface area contributed by atoms with Crippen LogP contribution >= 0.6 is 0 Å². The quantitative estimate of drug-likeness (QED) is 0.249. The van der Waals surface area contributed by atoms with Crippen LogP contribution in [0.2, 0.25) is 0 Å². The molecule has 0 aliphatic heterocycles. The van der Waals surface area contributed by atoms with E-state index in [-0.39, 0.29) is 39.1 Å². The molecule has 0 aliphatic rings. The summed E-state index contributed by atoms with van der Waals surface area (Å²) in [4.78, 5) is 25.5. The van der Waals surface area contributed by atoms with Crippen molar-refractivity contribution in [2.24, 2.45) is 0 Å². The summed E-state index contributed by atoms with van der Waals surface area (Å²) >= 11 is 0. The largest absolute Gasteiger partial charge is 0.492 e. The number of ether oxygens (including phenoxy) is 4.